The SMILES string of the molecule is CC(C)C[C@@H]1NC(=O)[C@@H](Cc2ccccc2)NC(=O)c2ccc(cc2)CN(C(=O)c2nnc3n2CCCC3)CCCCNC(=O)[C@@H](C)NC1=O. The molecule has 2 aromatic carbocycles. The topological polar surface area (TPSA) is 167 Å². The van der Waals surface area contributed by atoms with Crippen molar-refractivity contribution in [2.45, 2.75) is 96.9 Å². The molecule has 13 nitrogen and oxygen atoms in total. The average molecular weight is 685 g/mol. The van der Waals surface area contributed by atoms with Crippen LogP contribution in [0.2, 0.25) is 0 Å². The first-order valence-electron chi connectivity index (χ1n) is 17.6. The van der Waals surface area contributed by atoms with Crippen LogP contribution in [0.5, 0.6) is 0 Å². The van der Waals surface area contributed by atoms with Crippen molar-refractivity contribution in [1.82, 2.24) is 40.9 Å². The van der Waals surface area contributed by atoms with Gasteiger partial charge in [-0.2, -0.15) is 0 Å². The van der Waals surface area contributed by atoms with Crippen LogP contribution in [-0.4, -0.2) is 80.4 Å². The van der Waals surface area contributed by atoms with Gasteiger partial charge in [-0.1, -0.05) is 56.3 Å². The summed E-state index contributed by atoms with van der Waals surface area (Å²) >= 11 is 0. The molecule has 0 spiro atoms. The van der Waals surface area contributed by atoms with Crippen LogP contribution in [0.3, 0.4) is 0 Å². The second-order valence-electron chi connectivity index (χ2n) is 13.6. The molecule has 0 radical (unpaired) electrons. The van der Waals surface area contributed by atoms with Crippen LogP contribution in [0, 0.1) is 5.92 Å². The molecular weight excluding hydrogens is 636 g/mol. The van der Waals surface area contributed by atoms with E-state index in [1.54, 1.807) is 36.1 Å². The van der Waals surface area contributed by atoms with Crippen molar-refractivity contribution in [3.63, 3.8) is 0 Å². The predicted octanol–water partition coefficient (Wildman–Crippen LogP) is 2.54. The Morgan fingerprint density at radius 3 is 2.28 bits per heavy atom. The molecule has 2 bridgehead atoms. The Labute approximate surface area is 293 Å². The zero-order valence-corrected chi connectivity index (χ0v) is 29.1. The number of nitrogens with zero attached hydrogens (tertiary/aromatic N) is 4. The molecule has 5 amide bonds. The van der Waals surface area contributed by atoms with Crippen LogP contribution in [0.15, 0.2) is 54.6 Å². The molecule has 4 heterocycles. The van der Waals surface area contributed by atoms with Gasteiger partial charge in [0, 0.05) is 44.6 Å². The molecule has 0 saturated carbocycles. The maximum absolute atomic E-state index is 13.8. The third kappa shape index (κ3) is 9.54. The summed E-state index contributed by atoms with van der Waals surface area (Å²) in [7, 11) is 0. The number of hydrogen-bond acceptors (Lipinski definition) is 7. The highest BCUT2D eigenvalue weighted by Crippen LogP contribution is 2.18. The summed E-state index contributed by atoms with van der Waals surface area (Å²) in [5, 5.41) is 19.9. The normalized spacial score (nSPS) is 21.4. The Hall–Kier alpha value is -5.07. The van der Waals surface area contributed by atoms with E-state index in [9.17, 15) is 24.0 Å². The van der Waals surface area contributed by atoms with E-state index in [-0.39, 0.29) is 30.7 Å². The molecule has 6 rings (SSSR count). The lowest BCUT2D eigenvalue weighted by atomic mass is 10.0. The highest BCUT2D eigenvalue weighted by molar-refractivity contribution is 5.99. The second-order valence-corrected chi connectivity index (χ2v) is 13.6. The molecule has 0 aliphatic carbocycles. The Bertz CT molecular complexity index is 1660. The Kier molecular flexibility index (Phi) is 12.3. The smallest absolute Gasteiger partial charge is 0.292 e. The molecular formula is C37H48N8O5. The second kappa shape index (κ2) is 17.0. The van der Waals surface area contributed by atoms with Gasteiger partial charge in [0.25, 0.3) is 11.8 Å². The third-order valence-corrected chi connectivity index (χ3v) is 9.08. The van der Waals surface area contributed by atoms with Gasteiger partial charge in [0.15, 0.2) is 0 Å². The van der Waals surface area contributed by atoms with Crippen LogP contribution >= 0.6 is 0 Å². The molecule has 266 valence electrons. The summed E-state index contributed by atoms with van der Waals surface area (Å²) < 4.78 is 1.91. The molecule has 1 aromatic heterocycles. The lowest BCUT2D eigenvalue weighted by Gasteiger charge is -2.25. The fourth-order valence-corrected chi connectivity index (χ4v) is 6.29. The number of rotatable bonds is 5. The molecule has 0 unspecified atom stereocenters. The van der Waals surface area contributed by atoms with Crippen LogP contribution in [0.25, 0.3) is 0 Å². The van der Waals surface area contributed by atoms with E-state index in [2.05, 4.69) is 31.5 Å². The van der Waals surface area contributed by atoms with Gasteiger partial charge in [0.05, 0.1) is 0 Å². The average Bonchev–Trinajstić information content (AvgIpc) is 3.54. The molecule has 0 fully saturated rings. The number of benzene rings is 2. The fourth-order valence-electron chi connectivity index (χ4n) is 6.29. The monoisotopic (exact) mass is 684 g/mol. The standard InChI is InChI=1S/C37H48N8O5/c1-24(2)21-29-35(48)39-25(3)33(46)38-18-8-10-19-44(37(50)32-43-42-31-13-7-9-20-45(31)32)23-27-14-16-28(17-15-27)34(47)40-30(36(49)41-29)22-26-11-5-4-6-12-26/h4-6,11-12,14-17,24-25,29-30H,7-10,13,18-23H2,1-3H3,(H,38,46)(H,39,48)(H,40,47)(H,41,49)/t25-,29+,30-/m1/s1. The molecule has 3 aromatic rings. The van der Waals surface area contributed by atoms with E-state index in [4.69, 9.17) is 0 Å². The maximum atomic E-state index is 13.8. The summed E-state index contributed by atoms with van der Waals surface area (Å²) in [6.45, 7) is 7.24. The summed E-state index contributed by atoms with van der Waals surface area (Å²) in [5.41, 5.74) is 2.01. The molecule has 4 N–H and O–H groups in total. The minimum atomic E-state index is -0.982. The highest BCUT2D eigenvalue weighted by atomic mass is 16.2. The predicted molar refractivity (Wildman–Crippen MR) is 187 cm³/mol. The van der Waals surface area contributed by atoms with Crippen molar-refractivity contribution in [3.05, 3.63) is 82.9 Å². The van der Waals surface area contributed by atoms with Gasteiger partial charge in [-0.3, -0.25) is 24.0 Å². The molecule has 3 aliphatic rings. The van der Waals surface area contributed by atoms with Gasteiger partial charge in [-0.25, -0.2) is 0 Å². The molecule has 0 saturated heterocycles. The Morgan fingerprint density at radius 2 is 1.54 bits per heavy atom. The van der Waals surface area contributed by atoms with Crippen molar-refractivity contribution in [1.29, 1.82) is 0 Å². The van der Waals surface area contributed by atoms with Crippen molar-refractivity contribution < 1.29 is 24.0 Å². The van der Waals surface area contributed by atoms with E-state index in [0.717, 1.165) is 36.2 Å². The summed E-state index contributed by atoms with van der Waals surface area (Å²) in [6, 6.07) is 13.5. The number of aryl methyl sites for hydroxylation is 1. The quantitative estimate of drug-likeness (QED) is 0.300. The number of carbonyl (C=O) groups is 5. The molecule has 13 heteroatoms. The Balaban J connectivity index is 1.41. The van der Waals surface area contributed by atoms with E-state index in [0.29, 0.717) is 50.3 Å². The Morgan fingerprint density at radius 1 is 0.820 bits per heavy atom. The minimum absolute atomic E-state index is 0.0620. The van der Waals surface area contributed by atoms with Crippen LogP contribution in [0.1, 0.15) is 90.8 Å². The van der Waals surface area contributed by atoms with E-state index in [1.165, 1.54) is 0 Å². The van der Waals surface area contributed by atoms with Crippen LogP contribution < -0.4 is 21.3 Å². The van der Waals surface area contributed by atoms with E-state index < -0.39 is 35.8 Å². The van der Waals surface area contributed by atoms with Crippen molar-refractivity contribution >= 4 is 29.5 Å². The van der Waals surface area contributed by atoms with Gasteiger partial charge >= 0.3 is 0 Å². The number of hydrogen-bond donors (Lipinski definition) is 4. The number of fused-ring (bicyclic) bond motifs is 19. The van der Waals surface area contributed by atoms with Crippen LogP contribution in [0.4, 0.5) is 0 Å². The van der Waals surface area contributed by atoms with Gasteiger partial charge in [0.1, 0.15) is 23.9 Å². The van der Waals surface area contributed by atoms with Crippen molar-refractivity contribution in [3.8, 4) is 0 Å². The molecule has 3 atom stereocenters. The van der Waals surface area contributed by atoms with Gasteiger partial charge in [0.2, 0.25) is 23.5 Å². The zero-order valence-electron chi connectivity index (χ0n) is 29.1. The van der Waals surface area contributed by atoms with Gasteiger partial charge < -0.3 is 30.7 Å². The fraction of sp³-hybridized carbons (Fsp3) is 0.486. The summed E-state index contributed by atoms with van der Waals surface area (Å²) in [4.78, 5) is 69.3. The van der Waals surface area contributed by atoms with Crippen LogP contribution in [-0.2, 0) is 40.3 Å². The first kappa shape index (κ1) is 36.2. The van der Waals surface area contributed by atoms with Gasteiger partial charge in [-0.15, -0.1) is 10.2 Å². The lowest BCUT2D eigenvalue weighted by Crippen LogP contribution is -2.57. The molecule has 3 aliphatic heterocycles. The summed E-state index contributed by atoms with van der Waals surface area (Å²) in [6.07, 6.45) is 4.51. The van der Waals surface area contributed by atoms with Crippen molar-refractivity contribution in [2.75, 3.05) is 13.1 Å². The first-order valence-corrected chi connectivity index (χ1v) is 17.6. The summed E-state index contributed by atoms with van der Waals surface area (Å²) in [5.74, 6) is -0.815. The number of aromatic nitrogens is 3. The minimum Gasteiger partial charge on any atom is -0.354 e. The first-order chi connectivity index (χ1) is 24.1. The zero-order chi connectivity index (χ0) is 35.6. The van der Waals surface area contributed by atoms with Gasteiger partial charge in [-0.05, 0) is 68.2 Å². The van der Waals surface area contributed by atoms with E-state index >= 15 is 0 Å². The lowest BCUT2D eigenvalue weighted by molar-refractivity contribution is -0.132. The number of amides is 5. The third-order valence-electron chi connectivity index (χ3n) is 9.08. The maximum Gasteiger partial charge on any atom is 0.292 e. The molecule has 50 heavy (non-hydrogen) atoms. The van der Waals surface area contributed by atoms with Crippen molar-refractivity contribution in [2.24, 2.45) is 5.92 Å². The number of carbonyl (C=O) groups excluding carboxylic acids is 5. The van der Waals surface area contributed by atoms with E-state index in [1.807, 2.05) is 48.7 Å². The number of nitrogens with one attached hydrogen (secondary N) is 4. The largest absolute Gasteiger partial charge is 0.354 e. The highest BCUT2D eigenvalue weighted by Gasteiger charge is 2.30.